The van der Waals surface area contributed by atoms with Gasteiger partial charge in [-0.05, 0) is 24.3 Å². The van der Waals surface area contributed by atoms with Crippen LogP contribution in [0.15, 0.2) is 24.3 Å². The lowest BCUT2D eigenvalue weighted by Crippen LogP contribution is -2.17. The molecule has 0 saturated heterocycles. The first-order valence-corrected chi connectivity index (χ1v) is 5.88. The quantitative estimate of drug-likeness (QED) is 0.503. The number of hydrogen-bond acceptors (Lipinski definition) is 2. The van der Waals surface area contributed by atoms with E-state index in [0.717, 1.165) is 12.1 Å². The smallest absolute Gasteiger partial charge is 0.258 e. The van der Waals surface area contributed by atoms with Crippen LogP contribution < -0.4 is 11.1 Å². The van der Waals surface area contributed by atoms with Crippen molar-refractivity contribution in [3.8, 4) is 0 Å². The van der Waals surface area contributed by atoms with Crippen molar-refractivity contribution in [3.05, 3.63) is 58.1 Å². The number of nitrogens with one attached hydrogen (secondary N) is 1. The van der Waals surface area contributed by atoms with E-state index in [1.165, 1.54) is 0 Å². The highest BCUT2D eigenvalue weighted by Gasteiger charge is 2.19. The van der Waals surface area contributed by atoms with E-state index in [-0.39, 0.29) is 5.69 Å². The topological polar surface area (TPSA) is 55.1 Å². The highest BCUT2D eigenvalue weighted by atomic mass is 35.5. The largest absolute Gasteiger partial charge is 0.397 e. The van der Waals surface area contributed by atoms with Crippen molar-refractivity contribution in [2.75, 3.05) is 11.1 Å². The summed E-state index contributed by atoms with van der Waals surface area (Å²) in [6.07, 6.45) is 0. The van der Waals surface area contributed by atoms with E-state index in [0.29, 0.717) is 12.1 Å². The third-order valence-corrected chi connectivity index (χ3v) is 2.91. The second-order valence-corrected chi connectivity index (χ2v) is 4.43. The molecule has 0 unspecified atom stereocenters. The lowest BCUT2D eigenvalue weighted by molar-refractivity contribution is 0.102. The van der Waals surface area contributed by atoms with Crippen molar-refractivity contribution in [3.63, 3.8) is 0 Å². The zero-order valence-electron chi connectivity index (χ0n) is 10.2. The molecular weight excluding hydrogens is 312 g/mol. The van der Waals surface area contributed by atoms with Gasteiger partial charge in [0.15, 0.2) is 11.6 Å². The number of nitrogen functional groups attached to an aromatic ring is 1. The molecule has 0 atom stereocenters. The van der Waals surface area contributed by atoms with E-state index in [1.807, 2.05) is 5.32 Å². The summed E-state index contributed by atoms with van der Waals surface area (Å²) in [5.74, 6) is -6.00. The predicted molar refractivity (Wildman–Crippen MR) is 70.1 cm³/mol. The first-order valence-electron chi connectivity index (χ1n) is 5.50. The number of carbonyl (C=O) groups excluding carboxylic acids is 1. The number of hydrogen-bond donors (Lipinski definition) is 2. The Balaban J connectivity index is 2.40. The minimum absolute atomic E-state index is 0.267. The number of nitrogens with two attached hydrogens (primary N) is 1. The number of amides is 1. The third kappa shape index (κ3) is 2.92. The molecular formula is C13H7ClF4N2O. The summed E-state index contributed by atoms with van der Waals surface area (Å²) in [7, 11) is 0. The van der Waals surface area contributed by atoms with Crippen LogP contribution in [0.25, 0.3) is 0 Å². The summed E-state index contributed by atoms with van der Waals surface area (Å²) in [4.78, 5) is 11.8. The zero-order chi connectivity index (χ0) is 15.7. The van der Waals surface area contributed by atoms with Crippen LogP contribution >= 0.6 is 11.6 Å². The molecule has 0 heterocycles. The maximum Gasteiger partial charge on any atom is 0.258 e. The molecule has 0 aliphatic heterocycles. The monoisotopic (exact) mass is 318 g/mol. The Bertz CT molecular complexity index is 737. The van der Waals surface area contributed by atoms with Gasteiger partial charge in [-0.2, -0.15) is 0 Å². The number of rotatable bonds is 2. The predicted octanol–water partition coefficient (Wildman–Crippen LogP) is 3.73. The van der Waals surface area contributed by atoms with Gasteiger partial charge in [0, 0.05) is 0 Å². The second-order valence-electron chi connectivity index (χ2n) is 4.03. The minimum Gasteiger partial charge on any atom is -0.397 e. The van der Waals surface area contributed by atoms with Gasteiger partial charge in [-0.25, -0.2) is 17.6 Å². The van der Waals surface area contributed by atoms with Gasteiger partial charge in [0.25, 0.3) is 5.91 Å². The lowest BCUT2D eigenvalue weighted by atomic mass is 10.1. The summed E-state index contributed by atoms with van der Waals surface area (Å²) >= 11 is 5.35. The third-order valence-electron chi connectivity index (χ3n) is 2.62. The van der Waals surface area contributed by atoms with E-state index in [1.54, 1.807) is 0 Å². The summed E-state index contributed by atoms with van der Waals surface area (Å²) in [5.41, 5.74) is 3.75. The number of benzene rings is 2. The lowest BCUT2D eigenvalue weighted by Gasteiger charge is -2.10. The first-order chi connectivity index (χ1) is 9.81. The Morgan fingerprint density at radius 2 is 1.71 bits per heavy atom. The fourth-order valence-electron chi connectivity index (χ4n) is 1.57. The fourth-order valence-corrected chi connectivity index (χ4v) is 1.72. The Labute approximate surface area is 121 Å². The van der Waals surface area contributed by atoms with Crippen LogP contribution in [-0.4, -0.2) is 5.91 Å². The summed E-state index contributed by atoms with van der Waals surface area (Å²) in [6, 6.07) is 2.92. The molecule has 8 heteroatoms. The van der Waals surface area contributed by atoms with Gasteiger partial charge >= 0.3 is 0 Å². The molecule has 2 rings (SSSR count). The second kappa shape index (κ2) is 5.61. The normalized spacial score (nSPS) is 10.5. The fraction of sp³-hybridized carbons (Fsp3) is 0. The van der Waals surface area contributed by atoms with Crippen molar-refractivity contribution >= 4 is 28.9 Å². The number of carbonyl (C=O) groups is 1. The molecule has 0 aromatic heterocycles. The van der Waals surface area contributed by atoms with Crippen molar-refractivity contribution < 1.29 is 22.4 Å². The molecule has 1 amide bonds. The van der Waals surface area contributed by atoms with Crippen LogP contribution in [0.5, 0.6) is 0 Å². The van der Waals surface area contributed by atoms with Gasteiger partial charge in [-0.15, -0.1) is 0 Å². The first kappa shape index (κ1) is 15.1. The van der Waals surface area contributed by atoms with Gasteiger partial charge in [0.2, 0.25) is 0 Å². The van der Waals surface area contributed by atoms with Crippen molar-refractivity contribution in [2.24, 2.45) is 0 Å². The Morgan fingerprint density at radius 3 is 2.38 bits per heavy atom. The molecule has 0 saturated carbocycles. The summed E-state index contributed by atoms with van der Waals surface area (Å²) in [6.45, 7) is 0. The molecule has 0 aliphatic rings. The zero-order valence-corrected chi connectivity index (χ0v) is 10.9. The van der Waals surface area contributed by atoms with Crippen molar-refractivity contribution in [2.45, 2.75) is 0 Å². The molecule has 21 heavy (non-hydrogen) atoms. The molecule has 2 aromatic rings. The van der Waals surface area contributed by atoms with Crippen LogP contribution in [0.4, 0.5) is 28.9 Å². The van der Waals surface area contributed by atoms with Crippen LogP contribution in [0, 0.1) is 23.3 Å². The minimum atomic E-state index is -1.40. The molecule has 0 aliphatic carbocycles. The molecule has 2 aromatic carbocycles. The SMILES string of the molecule is Nc1ccc(F)c(F)c1NC(=O)c1cc(F)c(Cl)cc1F. The highest BCUT2D eigenvalue weighted by Crippen LogP contribution is 2.26. The molecule has 110 valence electrons. The van der Waals surface area contributed by atoms with Crippen LogP contribution in [0.2, 0.25) is 5.02 Å². The van der Waals surface area contributed by atoms with Crippen molar-refractivity contribution in [1.29, 1.82) is 0 Å². The van der Waals surface area contributed by atoms with Crippen LogP contribution in [-0.2, 0) is 0 Å². The van der Waals surface area contributed by atoms with Gasteiger partial charge in [0.05, 0.1) is 16.3 Å². The van der Waals surface area contributed by atoms with Gasteiger partial charge in [-0.1, -0.05) is 11.6 Å². The van der Waals surface area contributed by atoms with E-state index in [9.17, 15) is 22.4 Å². The maximum absolute atomic E-state index is 13.6. The van der Waals surface area contributed by atoms with E-state index in [2.05, 4.69) is 0 Å². The van der Waals surface area contributed by atoms with Gasteiger partial charge in [0.1, 0.15) is 17.3 Å². The van der Waals surface area contributed by atoms with Crippen LogP contribution in [0.3, 0.4) is 0 Å². The molecule has 0 radical (unpaired) electrons. The Morgan fingerprint density at radius 1 is 1.05 bits per heavy atom. The average Bonchev–Trinajstić information content (AvgIpc) is 2.43. The highest BCUT2D eigenvalue weighted by molar-refractivity contribution is 6.30. The maximum atomic E-state index is 13.6. The van der Waals surface area contributed by atoms with E-state index < -0.39 is 45.4 Å². The molecule has 0 bridgehead atoms. The van der Waals surface area contributed by atoms with Gasteiger partial charge < -0.3 is 11.1 Å². The molecule has 0 spiro atoms. The van der Waals surface area contributed by atoms with Crippen LogP contribution in [0.1, 0.15) is 10.4 Å². The molecule has 0 fully saturated rings. The molecule has 3 N–H and O–H groups in total. The number of halogens is 5. The van der Waals surface area contributed by atoms with E-state index in [4.69, 9.17) is 17.3 Å². The number of anilines is 2. The summed E-state index contributed by atoms with van der Waals surface area (Å²) < 4.78 is 53.4. The van der Waals surface area contributed by atoms with E-state index >= 15 is 0 Å². The molecule has 3 nitrogen and oxygen atoms in total. The van der Waals surface area contributed by atoms with Gasteiger partial charge in [-0.3, -0.25) is 4.79 Å². The summed E-state index contributed by atoms with van der Waals surface area (Å²) in [5, 5.41) is 1.38. The standard InChI is InChI=1S/C13H7ClF4N2O/c14-6-4-8(16)5(3-9(6)17)13(21)20-12-10(19)2-1-7(15)11(12)18/h1-4H,19H2,(H,20,21). The Kier molecular flexibility index (Phi) is 4.04. The van der Waals surface area contributed by atoms with Crippen molar-refractivity contribution in [1.82, 2.24) is 0 Å². The average molecular weight is 319 g/mol. The Hall–Kier alpha value is -2.28.